The summed E-state index contributed by atoms with van der Waals surface area (Å²) in [4.78, 5) is 26.8. The third-order valence-electron chi connectivity index (χ3n) is 5.36. The zero-order valence-electron chi connectivity index (χ0n) is 17.5. The van der Waals surface area contributed by atoms with Crippen molar-refractivity contribution in [2.24, 2.45) is 0 Å². The monoisotopic (exact) mass is 470 g/mol. The Labute approximate surface area is 193 Å². The Hall–Kier alpha value is -3.26. The first-order valence-corrected chi connectivity index (χ1v) is 11.4. The Bertz CT molecular complexity index is 1130. The Balaban J connectivity index is 1.43. The standard InChI is InChI=1S/C25H21F3N2O2S/c26-25(27,28)20-7-4-8-21(15-20)29-23(32)18-9-11-19(12-10-18)24-30(22(31)16-33-24)14-13-17-5-2-1-3-6-17/h1-12,15,24H,13-14,16H2,(H,29,32)/t24-/m0/s1. The van der Waals surface area contributed by atoms with Crippen LogP contribution in [0.15, 0.2) is 78.9 Å². The summed E-state index contributed by atoms with van der Waals surface area (Å²) in [5.74, 6) is -0.0266. The number of carbonyl (C=O) groups is 2. The van der Waals surface area contributed by atoms with Crippen LogP contribution in [0.2, 0.25) is 0 Å². The van der Waals surface area contributed by atoms with Gasteiger partial charge < -0.3 is 10.2 Å². The number of hydrogen-bond acceptors (Lipinski definition) is 3. The van der Waals surface area contributed by atoms with E-state index in [2.05, 4.69) is 5.32 Å². The molecular formula is C25H21F3N2O2S. The molecule has 0 saturated carbocycles. The van der Waals surface area contributed by atoms with Crippen molar-refractivity contribution in [1.82, 2.24) is 4.90 Å². The first-order chi connectivity index (χ1) is 15.8. The molecule has 1 N–H and O–H groups in total. The fourth-order valence-electron chi connectivity index (χ4n) is 3.64. The van der Waals surface area contributed by atoms with Crippen LogP contribution in [0, 0.1) is 0 Å². The molecule has 1 heterocycles. The van der Waals surface area contributed by atoms with Gasteiger partial charge in [0.1, 0.15) is 5.37 Å². The molecule has 1 atom stereocenters. The number of nitrogens with one attached hydrogen (secondary N) is 1. The Morgan fingerprint density at radius 1 is 1.00 bits per heavy atom. The number of alkyl halides is 3. The minimum atomic E-state index is -4.48. The maximum atomic E-state index is 12.9. The molecule has 3 aromatic rings. The van der Waals surface area contributed by atoms with Crippen LogP contribution in [0.25, 0.3) is 0 Å². The summed E-state index contributed by atoms with van der Waals surface area (Å²) in [6.07, 6.45) is -3.73. The predicted octanol–water partition coefficient (Wildman–Crippen LogP) is 5.77. The average Bonchev–Trinajstić information content (AvgIpc) is 3.18. The quantitative estimate of drug-likeness (QED) is 0.497. The van der Waals surface area contributed by atoms with Crippen molar-refractivity contribution in [3.8, 4) is 0 Å². The van der Waals surface area contributed by atoms with E-state index < -0.39 is 17.6 Å². The molecule has 0 unspecified atom stereocenters. The van der Waals surface area contributed by atoms with Gasteiger partial charge in [-0.05, 0) is 47.9 Å². The van der Waals surface area contributed by atoms with Crippen molar-refractivity contribution in [3.05, 3.63) is 101 Å². The highest BCUT2D eigenvalue weighted by molar-refractivity contribution is 8.00. The van der Waals surface area contributed by atoms with Crippen molar-refractivity contribution in [3.63, 3.8) is 0 Å². The lowest BCUT2D eigenvalue weighted by Gasteiger charge is -2.24. The maximum absolute atomic E-state index is 12.9. The van der Waals surface area contributed by atoms with E-state index in [1.807, 2.05) is 35.2 Å². The molecule has 1 aliphatic heterocycles. The molecule has 8 heteroatoms. The molecule has 3 aromatic carbocycles. The molecule has 0 radical (unpaired) electrons. The van der Waals surface area contributed by atoms with Crippen LogP contribution in [0.1, 0.15) is 32.4 Å². The highest BCUT2D eigenvalue weighted by Crippen LogP contribution is 2.38. The van der Waals surface area contributed by atoms with Crippen LogP contribution in [-0.4, -0.2) is 29.0 Å². The van der Waals surface area contributed by atoms with Crippen LogP contribution in [0.4, 0.5) is 18.9 Å². The number of anilines is 1. The van der Waals surface area contributed by atoms with Gasteiger partial charge in [0, 0.05) is 17.8 Å². The number of benzene rings is 3. The molecule has 4 rings (SSSR count). The molecular weight excluding hydrogens is 449 g/mol. The minimum Gasteiger partial charge on any atom is -0.326 e. The van der Waals surface area contributed by atoms with Crippen molar-refractivity contribution >= 4 is 29.3 Å². The average molecular weight is 471 g/mol. The maximum Gasteiger partial charge on any atom is 0.416 e. The van der Waals surface area contributed by atoms with Crippen molar-refractivity contribution in [1.29, 1.82) is 0 Å². The molecule has 1 saturated heterocycles. The Morgan fingerprint density at radius 3 is 2.42 bits per heavy atom. The summed E-state index contributed by atoms with van der Waals surface area (Å²) in [6.45, 7) is 0.596. The van der Waals surface area contributed by atoms with Crippen molar-refractivity contribution in [2.45, 2.75) is 18.0 Å². The fraction of sp³-hybridized carbons (Fsp3) is 0.200. The first-order valence-electron chi connectivity index (χ1n) is 10.3. The van der Waals surface area contributed by atoms with E-state index in [0.717, 1.165) is 29.7 Å². The molecule has 1 fully saturated rings. The third-order valence-corrected chi connectivity index (χ3v) is 6.61. The number of carbonyl (C=O) groups excluding carboxylic acids is 2. The lowest BCUT2D eigenvalue weighted by molar-refractivity contribution is -0.137. The summed E-state index contributed by atoms with van der Waals surface area (Å²) < 4.78 is 38.7. The van der Waals surface area contributed by atoms with Gasteiger partial charge in [0.05, 0.1) is 11.3 Å². The molecule has 0 bridgehead atoms. The van der Waals surface area contributed by atoms with E-state index in [0.29, 0.717) is 17.9 Å². The summed E-state index contributed by atoms with van der Waals surface area (Å²) in [7, 11) is 0. The zero-order valence-corrected chi connectivity index (χ0v) is 18.3. The summed E-state index contributed by atoms with van der Waals surface area (Å²) in [6, 6.07) is 21.3. The smallest absolute Gasteiger partial charge is 0.326 e. The molecule has 0 spiro atoms. The van der Waals surface area contributed by atoms with Gasteiger partial charge in [-0.3, -0.25) is 9.59 Å². The van der Waals surface area contributed by atoms with Crippen LogP contribution in [0.5, 0.6) is 0 Å². The second-order valence-corrected chi connectivity index (χ2v) is 8.71. The molecule has 0 aromatic heterocycles. The summed E-state index contributed by atoms with van der Waals surface area (Å²) >= 11 is 1.54. The third kappa shape index (κ3) is 5.57. The lowest BCUT2D eigenvalue weighted by atomic mass is 10.1. The first kappa shape index (κ1) is 22.9. The van der Waals surface area contributed by atoms with Gasteiger partial charge in [0.2, 0.25) is 5.91 Å². The second kappa shape index (κ2) is 9.70. The van der Waals surface area contributed by atoms with E-state index in [1.165, 1.54) is 23.9 Å². The SMILES string of the molecule is O=C(Nc1cccc(C(F)(F)F)c1)c1ccc([C@@H]2SCC(=O)N2CCc2ccccc2)cc1. The van der Waals surface area contributed by atoms with Crippen LogP contribution in [0.3, 0.4) is 0 Å². The molecule has 4 nitrogen and oxygen atoms in total. The van der Waals surface area contributed by atoms with Crippen molar-refractivity contribution in [2.75, 3.05) is 17.6 Å². The van der Waals surface area contributed by atoms with Gasteiger partial charge in [0.15, 0.2) is 0 Å². The van der Waals surface area contributed by atoms with E-state index in [4.69, 9.17) is 0 Å². The van der Waals surface area contributed by atoms with Gasteiger partial charge in [-0.1, -0.05) is 48.5 Å². The molecule has 170 valence electrons. The number of nitrogens with zero attached hydrogens (tertiary/aromatic N) is 1. The minimum absolute atomic E-state index is 0.0722. The van der Waals surface area contributed by atoms with Crippen LogP contribution >= 0.6 is 11.8 Å². The Morgan fingerprint density at radius 2 is 1.73 bits per heavy atom. The van der Waals surface area contributed by atoms with E-state index in [-0.39, 0.29) is 17.0 Å². The number of rotatable bonds is 6. The summed E-state index contributed by atoms with van der Waals surface area (Å²) in [5, 5.41) is 2.37. The van der Waals surface area contributed by atoms with Gasteiger partial charge in [-0.15, -0.1) is 11.8 Å². The van der Waals surface area contributed by atoms with E-state index in [9.17, 15) is 22.8 Å². The Kier molecular flexibility index (Phi) is 6.74. The lowest BCUT2D eigenvalue weighted by Crippen LogP contribution is -2.30. The largest absolute Gasteiger partial charge is 0.416 e. The number of hydrogen-bond donors (Lipinski definition) is 1. The van der Waals surface area contributed by atoms with Gasteiger partial charge >= 0.3 is 6.18 Å². The van der Waals surface area contributed by atoms with E-state index >= 15 is 0 Å². The predicted molar refractivity (Wildman–Crippen MR) is 123 cm³/mol. The zero-order chi connectivity index (χ0) is 23.4. The highest BCUT2D eigenvalue weighted by atomic mass is 32.2. The fourth-order valence-corrected chi connectivity index (χ4v) is 4.86. The van der Waals surface area contributed by atoms with E-state index in [1.54, 1.807) is 24.3 Å². The molecule has 0 aliphatic carbocycles. The topological polar surface area (TPSA) is 49.4 Å². The number of amides is 2. The van der Waals surface area contributed by atoms with Gasteiger partial charge in [0.25, 0.3) is 5.91 Å². The number of thioether (sulfide) groups is 1. The molecule has 1 aliphatic rings. The summed E-state index contributed by atoms with van der Waals surface area (Å²) in [5.41, 5.74) is 1.62. The number of halogens is 3. The second-order valence-electron chi connectivity index (χ2n) is 7.64. The van der Waals surface area contributed by atoms with Crippen molar-refractivity contribution < 1.29 is 22.8 Å². The van der Waals surface area contributed by atoms with Gasteiger partial charge in [-0.2, -0.15) is 13.2 Å². The molecule has 33 heavy (non-hydrogen) atoms. The van der Waals surface area contributed by atoms with Crippen LogP contribution in [-0.2, 0) is 17.4 Å². The van der Waals surface area contributed by atoms with Crippen LogP contribution < -0.4 is 5.32 Å². The normalized spacial score (nSPS) is 16.2. The molecule has 2 amide bonds. The highest BCUT2D eigenvalue weighted by Gasteiger charge is 2.33. The van der Waals surface area contributed by atoms with Gasteiger partial charge in [-0.25, -0.2) is 0 Å².